The van der Waals surface area contributed by atoms with Crippen molar-refractivity contribution < 1.29 is 20.4 Å². The van der Waals surface area contributed by atoms with Gasteiger partial charge in [0.15, 0.2) is 0 Å². The molecule has 0 aromatic carbocycles. The van der Waals surface area contributed by atoms with E-state index in [4.69, 9.17) is 20.4 Å². The van der Waals surface area contributed by atoms with Crippen molar-refractivity contribution in [3.8, 4) is 0 Å². The highest BCUT2D eigenvalue weighted by Gasteiger charge is 1.94. The van der Waals surface area contributed by atoms with Crippen LogP contribution in [0.2, 0.25) is 0 Å². The van der Waals surface area contributed by atoms with Gasteiger partial charge in [-0.1, -0.05) is 259 Å². The molecule has 4 nitrogen and oxygen atoms in total. The lowest BCUT2D eigenvalue weighted by Crippen LogP contribution is -1.84. The summed E-state index contributed by atoms with van der Waals surface area (Å²) in [6.45, 7) is 10.5. The molecule has 0 fully saturated rings. The van der Waals surface area contributed by atoms with Gasteiger partial charge in [0.25, 0.3) is 0 Å². The molecule has 4 heteroatoms. The molecule has 0 rings (SSSR count). The smallest absolute Gasteiger partial charge is 0.0431 e. The maximum absolute atomic E-state index is 8.57. The van der Waals surface area contributed by atoms with E-state index in [1.54, 1.807) is 0 Å². The minimum absolute atomic E-state index is 0.372. The second-order valence-corrected chi connectivity index (χ2v) is 15.6. The fourth-order valence-corrected chi connectivity index (χ4v) is 6.40. The molecule has 0 aliphatic heterocycles. The summed E-state index contributed by atoms with van der Waals surface area (Å²) in [5.74, 6) is 0. The van der Waals surface area contributed by atoms with Crippen LogP contribution in [0.1, 0.15) is 285 Å². The maximum Gasteiger partial charge on any atom is 0.0431 e. The fraction of sp³-hybridized carbons (Fsp3) is 1.00. The zero-order chi connectivity index (χ0) is 39.1. The van der Waals surface area contributed by atoms with E-state index in [0.717, 1.165) is 25.7 Å². The number of aliphatic hydroxyl groups is 4. The van der Waals surface area contributed by atoms with Crippen LogP contribution in [0.15, 0.2) is 0 Å². The molecule has 0 aromatic rings. The molecule has 0 atom stereocenters. The monoisotopic (exact) mass is 745 g/mol. The van der Waals surface area contributed by atoms with Crippen LogP contribution in [-0.4, -0.2) is 46.9 Å². The van der Waals surface area contributed by atoms with E-state index in [1.807, 2.05) is 0 Å². The van der Waals surface area contributed by atoms with Crippen molar-refractivity contribution in [2.24, 2.45) is 0 Å². The molecule has 4 N–H and O–H groups in total. The van der Waals surface area contributed by atoms with Gasteiger partial charge in [-0.2, -0.15) is 0 Å². The molecule has 52 heavy (non-hydrogen) atoms. The molecule has 0 aromatic heterocycles. The number of unbranched alkanes of at least 4 members (excludes halogenated alkanes) is 36. The van der Waals surface area contributed by atoms with Crippen molar-refractivity contribution in [3.05, 3.63) is 0 Å². The third-order valence-corrected chi connectivity index (χ3v) is 10.0. The van der Waals surface area contributed by atoms with Crippen molar-refractivity contribution in [3.63, 3.8) is 0 Å². The maximum atomic E-state index is 8.57. The standard InChI is InChI=1S/4C12H26O/c4*1-2-3-4-5-6-7-8-9-10-11-12-13/h4*13H,2-12H2,1H3. The molecular formula is C48H104O4. The van der Waals surface area contributed by atoms with Crippen molar-refractivity contribution in [2.45, 2.75) is 285 Å². The van der Waals surface area contributed by atoms with Gasteiger partial charge in [-0.25, -0.2) is 0 Å². The van der Waals surface area contributed by atoms with E-state index in [-0.39, 0.29) is 0 Å². The Balaban J connectivity index is -0.000000295. The van der Waals surface area contributed by atoms with Crippen LogP contribution in [0, 0.1) is 0 Å². The van der Waals surface area contributed by atoms with Gasteiger partial charge in [0.05, 0.1) is 0 Å². The molecule has 0 heterocycles. The Labute approximate surface area is 330 Å². The van der Waals surface area contributed by atoms with Gasteiger partial charge in [-0.3, -0.25) is 0 Å². The van der Waals surface area contributed by atoms with E-state index in [2.05, 4.69) is 27.7 Å². The highest BCUT2D eigenvalue weighted by molar-refractivity contribution is 4.50. The Kier molecular flexibility index (Phi) is 74.0. The van der Waals surface area contributed by atoms with Gasteiger partial charge < -0.3 is 20.4 Å². The third-order valence-electron chi connectivity index (χ3n) is 10.0. The van der Waals surface area contributed by atoms with E-state index in [0.29, 0.717) is 26.4 Å². The molecule has 0 aliphatic carbocycles. The van der Waals surface area contributed by atoms with Crippen molar-refractivity contribution in [1.82, 2.24) is 0 Å². The minimum Gasteiger partial charge on any atom is -0.396 e. The van der Waals surface area contributed by atoms with E-state index < -0.39 is 0 Å². The third kappa shape index (κ3) is 74.9. The highest BCUT2D eigenvalue weighted by atomic mass is 16.3. The number of hydrogen-bond acceptors (Lipinski definition) is 4. The van der Waals surface area contributed by atoms with Crippen LogP contribution in [0.3, 0.4) is 0 Å². The van der Waals surface area contributed by atoms with Crippen LogP contribution >= 0.6 is 0 Å². The normalized spacial score (nSPS) is 10.6. The van der Waals surface area contributed by atoms with E-state index >= 15 is 0 Å². The first-order valence-corrected chi connectivity index (χ1v) is 24.1. The van der Waals surface area contributed by atoms with Gasteiger partial charge in [-0.05, 0) is 25.7 Å². The van der Waals surface area contributed by atoms with E-state index in [1.165, 1.54) is 231 Å². The van der Waals surface area contributed by atoms with Gasteiger partial charge in [0.1, 0.15) is 0 Å². The fourth-order valence-electron chi connectivity index (χ4n) is 6.40. The first-order valence-electron chi connectivity index (χ1n) is 24.1. The Hall–Kier alpha value is -0.160. The van der Waals surface area contributed by atoms with E-state index in [9.17, 15) is 0 Å². The lowest BCUT2D eigenvalue weighted by Gasteiger charge is -2.00. The largest absolute Gasteiger partial charge is 0.396 e. The summed E-state index contributed by atoms with van der Waals surface area (Å²) in [4.78, 5) is 0. The summed E-state index contributed by atoms with van der Waals surface area (Å²) < 4.78 is 0. The van der Waals surface area contributed by atoms with Crippen LogP contribution in [0.5, 0.6) is 0 Å². The molecule has 0 bridgehead atoms. The van der Waals surface area contributed by atoms with Crippen molar-refractivity contribution >= 4 is 0 Å². The zero-order valence-electron chi connectivity index (χ0n) is 36.9. The highest BCUT2D eigenvalue weighted by Crippen LogP contribution is 2.13. The molecule has 0 radical (unpaired) electrons. The number of hydrogen-bond donors (Lipinski definition) is 4. The molecule has 0 spiro atoms. The van der Waals surface area contributed by atoms with Crippen LogP contribution in [-0.2, 0) is 0 Å². The molecule has 0 aliphatic rings. The molecule has 320 valence electrons. The Morgan fingerprint density at radius 1 is 0.154 bits per heavy atom. The van der Waals surface area contributed by atoms with Gasteiger partial charge in [0.2, 0.25) is 0 Å². The lowest BCUT2D eigenvalue weighted by atomic mass is 10.1. The average Bonchev–Trinajstić information content (AvgIpc) is 3.16. The minimum atomic E-state index is 0.372. The topological polar surface area (TPSA) is 80.9 Å². The van der Waals surface area contributed by atoms with Crippen molar-refractivity contribution in [2.75, 3.05) is 26.4 Å². The molecule has 0 unspecified atom stereocenters. The zero-order valence-corrected chi connectivity index (χ0v) is 36.9. The summed E-state index contributed by atoms with van der Waals surface area (Å²) in [6.07, 6.45) is 53.2. The molecule has 0 saturated heterocycles. The first kappa shape index (κ1) is 58.5. The molecule has 0 amide bonds. The average molecular weight is 745 g/mol. The van der Waals surface area contributed by atoms with Crippen LogP contribution in [0.4, 0.5) is 0 Å². The van der Waals surface area contributed by atoms with Crippen LogP contribution < -0.4 is 0 Å². The number of rotatable bonds is 40. The molecule has 0 saturated carbocycles. The lowest BCUT2D eigenvalue weighted by molar-refractivity contribution is 0.282. The number of aliphatic hydroxyl groups excluding tert-OH is 4. The Morgan fingerprint density at radius 3 is 0.346 bits per heavy atom. The summed E-state index contributed by atoms with van der Waals surface area (Å²) >= 11 is 0. The predicted molar refractivity (Wildman–Crippen MR) is 236 cm³/mol. The van der Waals surface area contributed by atoms with Crippen molar-refractivity contribution in [1.29, 1.82) is 0 Å². The second kappa shape index (κ2) is 65.7. The predicted octanol–water partition coefficient (Wildman–Crippen LogP) is 15.6. The summed E-state index contributed by atoms with van der Waals surface area (Å²) in [7, 11) is 0. The van der Waals surface area contributed by atoms with Gasteiger partial charge in [-0.15, -0.1) is 0 Å². The van der Waals surface area contributed by atoms with Gasteiger partial charge >= 0.3 is 0 Å². The Morgan fingerprint density at radius 2 is 0.250 bits per heavy atom. The Bertz CT molecular complexity index is 373. The van der Waals surface area contributed by atoms with Gasteiger partial charge in [0, 0.05) is 26.4 Å². The SMILES string of the molecule is CCCCCCCCCCCCO.CCCCCCCCCCCCO.CCCCCCCCCCCCO.CCCCCCCCCCCCO. The van der Waals surface area contributed by atoms with Crippen LogP contribution in [0.25, 0.3) is 0 Å². The quantitative estimate of drug-likeness (QED) is 0.0471. The first-order chi connectivity index (χ1) is 25.7. The summed E-state index contributed by atoms with van der Waals surface area (Å²) in [5, 5.41) is 34.3. The molecular weight excluding hydrogens is 641 g/mol. The summed E-state index contributed by atoms with van der Waals surface area (Å²) in [6, 6.07) is 0. The second-order valence-electron chi connectivity index (χ2n) is 15.6. The summed E-state index contributed by atoms with van der Waals surface area (Å²) in [5.41, 5.74) is 0.